The molecule has 6 heteroatoms. The molecular weight excluding hydrogens is 333 g/mol. The number of carbonyl (C=O) groups is 1. The van der Waals surface area contributed by atoms with Crippen molar-refractivity contribution in [3.05, 3.63) is 54.4 Å². The number of esters is 1. The number of hydrogen-bond donors (Lipinski definition) is 0. The predicted octanol–water partition coefficient (Wildman–Crippen LogP) is 4.13. The van der Waals surface area contributed by atoms with E-state index in [9.17, 15) is 4.79 Å². The second-order valence-corrected chi connectivity index (χ2v) is 6.98. The van der Waals surface area contributed by atoms with Crippen LogP contribution < -0.4 is 0 Å². The first-order valence-electron chi connectivity index (χ1n) is 8.21. The van der Waals surface area contributed by atoms with Gasteiger partial charge in [0.25, 0.3) is 0 Å². The Balaban J connectivity index is 2.02. The van der Waals surface area contributed by atoms with Crippen LogP contribution in [0, 0.1) is 5.82 Å². The van der Waals surface area contributed by atoms with Gasteiger partial charge in [0.1, 0.15) is 11.1 Å². The zero-order chi connectivity index (χ0) is 18.9. The number of pyridine rings is 1. The zero-order valence-electron chi connectivity index (χ0n) is 15.2. The highest BCUT2D eigenvalue weighted by Crippen LogP contribution is 2.30. The molecule has 1 aromatic carbocycles. The fourth-order valence-electron chi connectivity index (χ4n) is 2.69. The molecule has 3 rings (SSSR count). The maximum atomic E-state index is 15.1. The summed E-state index contributed by atoms with van der Waals surface area (Å²) < 4.78 is 22.0. The molecule has 0 amide bonds. The van der Waals surface area contributed by atoms with Gasteiger partial charge < -0.3 is 9.30 Å². The Morgan fingerprint density at radius 1 is 1.23 bits per heavy atom. The number of aromatic nitrogens is 3. The molecule has 2 aromatic heterocycles. The van der Waals surface area contributed by atoms with Gasteiger partial charge in [-0.1, -0.05) is 0 Å². The molecule has 5 nitrogen and oxygen atoms in total. The highest BCUT2D eigenvalue weighted by molar-refractivity contribution is 5.90. The van der Waals surface area contributed by atoms with E-state index < -0.39 is 11.6 Å². The van der Waals surface area contributed by atoms with Crippen molar-refractivity contribution in [1.82, 2.24) is 14.5 Å². The Hall–Kier alpha value is -3.02. The van der Waals surface area contributed by atoms with E-state index in [0.717, 1.165) is 0 Å². The minimum Gasteiger partial charge on any atom is -0.457 e. The van der Waals surface area contributed by atoms with Crippen LogP contribution >= 0.6 is 0 Å². The van der Waals surface area contributed by atoms with Crippen LogP contribution in [0.4, 0.5) is 4.39 Å². The van der Waals surface area contributed by atoms with Crippen LogP contribution in [0.15, 0.2) is 43.0 Å². The van der Waals surface area contributed by atoms with Gasteiger partial charge in [-0.2, -0.15) is 0 Å². The largest absolute Gasteiger partial charge is 0.457 e. The van der Waals surface area contributed by atoms with Crippen molar-refractivity contribution in [2.75, 3.05) is 0 Å². The SMILES string of the molecule is Cn1cnc2ccc(-c3ccncc3/C=C/C(=O)OC(C)(C)C)c(F)c21. The average molecular weight is 353 g/mol. The van der Waals surface area contributed by atoms with E-state index in [-0.39, 0.29) is 5.82 Å². The predicted molar refractivity (Wildman–Crippen MR) is 98.8 cm³/mol. The molecule has 3 aromatic rings. The number of benzene rings is 1. The number of ether oxygens (including phenoxy) is 1. The molecule has 0 aliphatic rings. The number of rotatable bonds is 3. The van der Waals surface area contributed by atoms with E-state index in [1.165, 1.54) is 6.08 Å². The molecule has 0 saturated carbocycles. The third-order valence-electron chi connectivity index (χ3n) is 3.77. The number of fused-ring (bicyclic) bond motifs is 1. The van der Waals surface area contributed by atoms with Crippen LogP contribution in [-0.4, -0.2) is 26.1 Å². The molecule has 0 fully saturated rings. The summed E-state index contributed by atoms with van der Waals surface area (Å²) in [6.07, 6.45) is 7.67. The third kappa shape index (κ3) is 3.64. The van der Waals surface area contributed by atoms with E-state index >= 15 is 4.39 Å². The zero-order valence-corrected chi connectivity index (χ0v) is 15.2. The molecule has 0 bridgehead atoms. The molecule has 0 radical (unpaired) electrons. The molecule has 0 aliphatic heterocycles. The first kappa shape index (κ1) is 17.8. The summed E-state index contributed by atoms with van der Waals surface area (Å²) in [6.45, 7) is 5.40. The summed E-state index contributed by atoms with van der Waals surface area (Å²) in [4.78, 5) is 20.2. The molecule has 2 heterocycles. The molecule has 0 atom stereocenters. The Morgan fingerprint density at radius 2 is 2.00 bits per heavy atom. The summed E-state index contributed by atoms with van der Waals surface area (Å²) in [6, 6.07) is 5.18. The summed E-state index contributed by atoms with van der Waals surface area (Å²) >= 11 is 0. The first-order chi connectivity index (χ1) is 12.3. The molecule has 0 unspecified atom stereocenters. The van der Waals surface area contributed by atoms with Crippen molar-refractivity contribution in [3.63, 3.8) is 0 Å². The number of carbonyl (C=O) groups excluding carboxylic acids is 1. The van der Waals surface area contributed by atoms with E-state index in [2.05, 4.69) is 9.97 Å². The number of hydrogen-bond acceptors (Lipinski definition) is 4. The Labute approximate surface area is 151 Å². The smallest absolute Gasteiger partial charge is 0.331 e. The maximum absolute atomic E-state index is 15.1. The normalized spacial score (nSPS) is 12.0. The average Bonchev–Trinajstić information content (AvgIpc) is 2.94. The molecule has 134 valence electrons. The number of nitrogens with zero attached hydrogens (tertiary/aromatic N) is 3. The summed E-state index contributed by atoms with van der Waals surface area (Å²) in [5.41, 5.74) is 2.14. The van der Waals surface area contributed by atoms with Gasteiger partial charge in [-0.05, 0) is 50.6 Å². The fraction of sp³-hybridized carbons (Fsp3) is 0.250. The van der Waals surface area contributed by atoms with Crippen molar-refractivity contribution in [3.8, 4) is 11.1 Å². The standard InChI is InChI=1S/C20H20FN3O2/c1-20(2,3)26-17(25)8-5-13-11-22-10-9-14(13)15-6-7-16-19(18(15)21)24(4)12-23-16/h5-12H,1-4H3/b8-5+. The van der Waals surface area contributed by atoms with Gasteiger partial charge in [-0.3, -0.25) is 4.98 Å². The highest BCUT2D eigenvalue weighted by atomic mass is 19.1. The van der Waals surface area contributed by atoms with Crippen molar-refractivity contribution in [2.24, 2.45) is 7.05 Å². The van der Waals surface area contributed by atoms with E-state index in [4.69, 9.17) is 4.74 Å². The number of imidazole rings is 1. The van der Waals surface area contributed by atoms with Gasteiger partial charge >= 0.3 is 5.97 Å². The minimum atomic E-state index is -0.574. The monoisotopic (exact) mass is 353 g/mol. The second kappa shape index (κ2) is 6.71. The van der Waals surface area contributed by atoms with Crippen molar-refractivity contribution < 1.29 is 13.9 Å². The van der Waals surface area contributed by atoms with Gasteiger partial charge in [0, 0.05) is 36.6 Å². The molecule has 0 aliphatic carbocycles. The van der Waals surface area contributed by atoms with E-state index in [1.54, 1.807) is 75.4 Å². The maximum Gasteiger partial charge on any atom is 0.331 e. The van der Waals surface area contributed by atoms with Gasteiger partial charge in [0.15, 0.2) is 5.82 Å². The summed E-state index contributed by atoms with van der Waals surface area (Å²) in [7, 11) is 1.75. The van der Waals surface area contributed by atoms with Crippen molar-refractivity contribution in [2.45, 2.75) is 26.4 Å². The summed E-state index contributed by atoms with van der Waals surface area (Å²) in [5, 5.41) is 0. The van der Waals surface area contributed by atoms with Gasteiger partial charge in [0.05, 0.1) is 11.8 Å². The van der Waals surface area contributed by atoms with Gasteiger partial charge in [-0.15, -0.1) is 0 Å². The quantitative estimate of drug-likeness (QED) is 0.525. The number of halogens is 1. The van der Waals surface area contributed by atoms with Gasteiger partial charge in [0.2, 0.25) is 0 Å². The lowest BCUT2D eigenvalue weighted by molar-refractivity contribution is -0.148. The van der Waals surface area contributed by atoms with Crippen LogP contribution in [0.3, 0.4) is 0 Å². The molecule has 26 heavy (non-hydrogen) atoms. The van der Waals surface area contributed by atoms with Crippen molar-refractivity contribution in [1.29, 1.82) is 0 Å². The summed E-state index contributed by atoms with van der Waals surface area (Å²) in [5.74, 6) is -0.824. The molecule has 0 saturated heterocycles. The van der Waals surface area contributed by atoms with E-state index in [0.29, 0.717) is 27.7 Å². The number of aryl methyl sites for hydroxylation is 1. The lowest BCUT2D eigenvalue weighted by Gasteiger charge is -2.18. The van der Waals surface area contributed by atoms with E-state index in [1.807, 2.05) is 0 Å². The van der Waals surface area contributed by atoms with Crippen LogP contribution in [0.1, 0.15) is 26.3 Å². The molecular formula is C20H20FN3O2. The van der Waals surface area contributed by atoms with Crippen LogP contribution in [-0.2, 0) is 16.6 Å². The minimum absolute atomic E-state index is 0.361. The van der Waals surface area contributed by atoms with Crippen LogP contribution in [0.5, 0.6) is 0 Å². The fourth-order valence-corrected chi connectivity index (χ4v) is 2.69. The van der Waals surface area contributed by atoms with Crippen LogP contribution in [0.2, 0.25) is 0 Å². The Kier molecular flexibility index (Phi) is 4.59. The first-order valence-corrected chi connectivity index (χ1v) is 8.21. The van der Waals surface area contributed by atoms with Crippen molar-refractivity contribution >= 4 is 23.1 Å². The Morgan fingerprint density at radius 3 is 2.73 bits per heavy atom. The lowest BCUT2D eigenvalue weighted by atomic mass is 10.00. The Bertz CT molecular complexity index is 1000. The van der Waals surface area contributed by atoms with Crippen LogP contribution in [0.25, 0.3) is 28.2 Å². The molecule has 0 spiro atoms. The topological polar surface area (TPSA) is 57.0 Å². The third-order valence-corrected chi connectivity index (χ3v) is 3.77. The second-order valence-electron chi connectivity index (χ2n) is 6.98. The highest BCUT2D eigenvalue weighted by Gasteiger charge is 2.16. The van der Waals surface area contributed by atoms with Gasteiger partial charge in [-0.25, -0.2) is 14.2 Å². The molecule has 0 N–H and O–H groups in total. The lowest BCUT2D eigenvalue weighted by Crippen LogP contribution is -2.22.